The second kappa shape index (κ2) is 7.09. The number of carbonyl (C=O) groups is 1. The molecule has 6 heteroatoms. The molecule has 0 atom stereocenters. The van der Waals surface area contributed by atoms with Crippen LogP contribution in [-0.4, -0.2) is 37.7 Å². The van der Waals surface area contributed by atoms with Crippen LogP contribution >= 0.6 is 11.6 Å². The minimum atomic E-state index is -0.115. The molecule has 1 aromatic carbocycles. The first-order valence-electron chi connectivity index (χ1n) is 7.45. The Morgan fingerprint density at radius 1 is 1.32 bits per heavy atom. The lowest BCUT2D eigenvalue weighted by molar-refractivity contribution is 0.201. The number of rotatable bonds is 6. The molecule has 0 unspecified atom stereocenters. The number of ether oxygens (including phenoxy) is 2. The standard InChI is InChI=1S/C16H23ClN2O3/c1-10(2)9-19(11-5-6-11)16(20)18-13-7-12(17)14(21-3)8-15(13)22-4/h7-8,10-11H,5-6,9H2,1-4H3,(H,18,20). The number of carbonyl (C=O) groups excluding carboxylic acids is 1. The molecule has 1 fully saturated rings. The lowest BCUT2D eigenvalue weighted by Gasteiger charge is -2.25. The SMILES string of the molecule is COc1cc(OC)c(NC(=O)N(CC(C)C)C2CC2)cc1Cl. The van der Waals surface area contributed by atoms with E-state index in [2.05, 4.69) is 19.2 Å². The number of benzene rings is 1. The number of amides is 2. The van der Waals surface area contributed by atoms with Gasteiger partial charge in [-0.05, 0) is 24.8 Å². The average molecular weight is 327 g/mol. The highest BCUT2D eigenvalue weighted by Crippen LogP contribution is 2.36. The van der Waals surface area contributed by atoms with Crippen LogP contribution in [-0.2, 0) is 0 Å². The van der Waals surface area contributed by atoms with Crippen molar-refractivity contribution in [2.24, 2.45) is 5.92 Å². The average Bonchev–Trinajstić information content (AvgIpc) is 3.29. The molecule has 1 aliphatic rings. The van der Waals surface area contributed by atoms with Gasteiger partial charge in [0, 0.05) is 18.7 Å². The van der Waals surface area contributed by atoms with Crippen LogP contribution in [0.4, 0.5) is 10.5 Å². The van der Waals surface area contributed by atoms with Gasteiger partial charge in [-0.2, -0.15) is 0 Å². The molecule has 1 aliphatic carbocycles. The molecule has 2 rings (SSSR count). The topological polar surface area (TPSA) is 50.8 Å². The zero-order valence-corrected chi connectivity index (χ0v) is 14.2. The molecule has 122 valence electrons. The first-order chi connectivity index (χ1) is 10.5. The Hall–Kier alpha value is -1.62. The minimum Gasteiger partial charge on any atom is -0.495 e. The summed E-state index contributed by atoms with van der Waals surface area (Å²) in [5, 5.41) is 3.33. The molecule has 1 saturated carbocycles. The van der Waals surface area contributed by atoms with Crippen molar-refractivity contribution in [3.05, 3.63) is 17.2 Å². The Labute approximate surface area is 136 Å². The molecule has 0 spiro atoms. The van der Waals surface area contributed by atoms with Gasteiger partial charge in [-0.3, -0.25) is 0 Å². The normalized spacial score (nSPS) is 13.9. The molecule has 5 nitrogen and oxygen atoms in total. The molecular weight excluding hydrogens is 304 g/mol. The van der Waals surface area contributed by atoms with Crippen molar-refractivity contribution < 1.29 is 14.3 Å². The Balaban J connectivity index is 2.17. The molecule has 0 bridgehead atoms. The largest absolute Gasteiger partial charge is 0.495 e. The molecule has 0 heterocycles. The molecule has 2 amide bonds. The van der Waals surface area contributed by atoms with Crippen molar-refractivity contribution in [2.75, 3.05) is 26.1 Å². The van der Waals surface area contributed by atoms with Gasteiger partial charge in [0.05, 0.1) is 24.9 Å². The summed E-state index contributed by atoms with van der Waals surface area (Å²) in [6.07, 6.45) is 2.14. The Kier molecular flexibility index (Phi) is 5.40. The third kappa shape index (κ3) is 3.97. The van der Waals surface area contributed by atoms with Crippen LogP contribution in [0, 0.1) is 5.92 Å². The maximum Gasteiger partial charge on any atom is 0.322 e. The third-order valence-electron chi connectivity index (χ3n) is 3.53. The van der Waals surface area contributed by atoms with E-state index in [9.17, 15) is 4.79 Å². The number of anilines is 1. The van der Waals surface area contributed by atoms with Crippen LogP contribution in [0.5, 0.6) is 11.5 Å². The van der Waals surface area contributed by atoms with Gasteiger partial charge in [0.25, 0.3) is 0 Å². The summed E-state index contributed by atoms with van der Waals surface area (Å²) in [6.45, 7) is 4.95. The highest BCUT2D eigenvalue weighted by atomic mass is 35.5. The smallest absolute Gasteiger partial charge is 0.322 e. The predicted octanol–water partition coefficient (Wildman–Crippen LogP) is 4.01. The molecule has 0 aromatic heterocycles. The van der Waals surface area contributed by atoms with Crippen LogP contribution in [0.3, 0.4) is 0 Å². The van der Waals surface area contributed by atoms with Gasteiger partial charge in [-0.15, -0.1) is 0 Å². The first-order valence-corrected chi connectivity index (χ1v) is 7.83. The predicted molar refractivity (Wildman–Crippen MR) is 88.1 cm³/mol. The molecule has 1 N–H and O–H groups in total. The molecule has 0 aliphatic heterocycles. The fraction of sp³-hybridized carbons (Fsp3) is 0.562. The fourth-order valence-electron chi connectivity index (χ4n) is 2.32. The zero-order chi connectivity index (χ0) is 16.3. The monoisotopic (exact) mass is 326 g/mol. The quantitative estimate of drug-likeness (QED) is 0.859. The fourth-order valence-corrected chi connectivity index (χ4v) is 2.56. The first kappa shape index (κ1) is 16.7. The van der Waals surface area contributed by atoms with Gasteiger partial charge in [-0.1, -0.05) is 25.4 Å². The van der Waals surface area contributed by atoms with E-state index < -0.39 is 0 Å². The van der Waals surface area contributed by atoms with Gasteiger partial charge in [-0.25, -0.2) is 4.79 Å². The van der Waals surface area contributed by atoms with E-state index >= 15 is 0 Å². The van der Waals surface area contributed by atoms with E-state index in [0.717, 1.165) is 19.4 Å². The van der Waals surface area contributed by atoms with E-state index in [4.69, 9.17) is 21.1 Å². The van der Waals surface area contributed by atoms with E-state index in [-0.39, 0.29) is 6.03 Å². The molecule has 0 saturated heterocycles. The second-order valence-electron chi connectivity index (χ2n) is 5.89. The lowest BCUT2D eigenvalue weighted by Crippen LogP contribution is -2.39. The number of halogens is 1. The zero-order valence-electron chi connectivity index (χ0n) is 13.5. The maximum absolute atomic E-state index is 12.5. The van der Waals surface area contributed by atoms with Gasteiger partial charge < -0.3 is 19.7 Å². The van der Waals surface area contributed by atoms with Gasteiger partial charge in [0.2, 0.25) is 0 Å². The summed E-state index contributed by atoms with van der Waals surface area (Å²) in [7, 11) is 3.08. The van der Waals surface area contributed by atoms with Crippen LogP contribution in [0.15, 0.2) is 12.1 Å². The van der Waals surface area contributed by atoms with E-state index in [1.54, 1.807) is 19.2 Å². The van der Waals surface area contributed by atoms with Crippen LogP contribution < -0.4 is 14.8 Å². The highest BCUT2D eigenvalue weighted by Gasteiger charge is 2.33. The van der Waals surface area contributed by atoms with Gasteiger partial charge in [0.15, 0.2) is 0 Å². The highest BCUT2D eigenvalue weighted by molar-refractivity contribution is 6.32. The van der Waals surface area contributed by atoms with Crippen molar-refractivity contribution in [3.8, 4) is 11.5 Å². The number of nitrogens with one attached hydrogen (secondary N) is 1. The Bertz CT molecular complexity index is 544. The molecule has 1 aromatic rings. The minimum absolute atomic E-state index is 0.115. The summed E-state index contributed by atoms with van der Waals surface area (Å²) in [4.78, 5) is 14.4. The number of hydrogen-bond acceptors (Lipinski definition) is 3. The summed E-state index contributed by atoms with van der Waals surface area (Å²) in [6, 6.07) is 3.55. The lowest BCUT2D eigenvalue weighted by atomic mass is 10.2. The maximum atomic E-state index is 12.5. The summed E-state index contributed by atoms with van der Waals surface area (Å²) in [5.41, 5.74) is 0.549. The summed E-state index contributed by atoms with van der Waals surface area (Å²) >= 11 is 6.14. The van der Waals surface area contributed by atoms with Gasteiger partial charge >= 0.3 is 6.03 Å². The van der Waals surface area contributed by atoms with Crippen LogP contribution in [0.2, 0.25) is 5.02 Å². The van der Waals surface area contributed by atoms with Crippen LogP contribution in [0.1, 0.15) is 26.7 Å². The van der Waals surface area contributed by atoms with Crippen molar-refractivity contribution in [1.82, 2.24) is 4.90 Å². The molecular formula is C16H23ClN2O3. The third-order valence-corrected chi connectivity index (χ3v) is 3.82. The number of nitrogens with zero attached hydrogens (tertiary/aromatic N) is 1. The Morgan fingerprint density at radius 2 is 1.95 bits per heavy atom. The van der Waals surface area contributed by atoms with Crippen molar-refractivity contribution >= 4 is 23.3 Å². The van der Waals surface area contributed by atoms with Gasteiger partial charge in [0.1, 0.15) is 11.5 Å². The van der Waals surface area contributed by atoms with E-state index in [1.807, 2.05) is 4.90 Å². The van der Waals surface area contributed by atoms with Crippen molar-refractivity contribution in [2.45, 2.75) is 32.7 Å². The molecule has 0 radical (unpaired) electrons. The number of methoxy groups -OCH3 is 2. The van der Waals surface area contributed by atoms with E-state index in [1.165, 1.54) is 7.11 Å². The van der Waals surface area contributed by atoms with Crippen molar-refractivity contribution in [3.63, 3.8) is 0 Å². The summed E-state index contributed by atoms with van der Waals surface area (Å²) < 4.78 is 10.5. The Morgan fingerprint density at radius 3 is 2.45 bits per heavy atom. The van der Waals surface area contributed by atoms with Crippen LogP contribution in [0.25, 0.3) is 0 Å². The summed E-state index contributed by atoms with van der Waals surface area (Å²) in [5.74, 6) is 1.46. The van der Waals surface area contributed by atoms with Crippen molar-refractivity contribution in [1.29, 1.82) is 0 Å². The number of hydrogen-bond donors (Lipinski definition) is 1. The van der Waals surface area contributed by atoms with E-state index in [0.29, 0.717) is 34.2 Å². The second-order valence-corrected chi connectivity index (χ2v) is 6.30. The number of urea groups is 1. The molecule has 22 heavy (non-hydrogen) atoms.